The van der Waals surface area contributed by atoms with E-state index in [1.54, 1.807) is 6.07 Å². The second kappa shape index (κ2) is 8.41. The van der Waals surface area contributed by atoms with Gasteiger partial charge in [0.2, 0.25) is 10.0 Å². The van der Waals surface area contributed by atoms with Crippen molar-refractivity contribution in [2.24, 2.45) is 17.3 Å². The second-order valence-corrected chi connectivity index (χ2v) is 12.6. The van der Waals surface area contributed by atoms with E-state index in [9.17, 15) is 21.6 Å². The number of hydrogen-bond donors (Lipinski definition) is 1. The van der Waals surface area contributed by atoms with Crippen LogP contribution in [0.5, 0.6) is 0 Å². The van der Waals surface area contributed by atoms with Crippen molar-refractivity contribution in [3.63, 3.8) is 0 Å². The summed E-state index contributed by atoms with van der Waals surface area (Å²) in [7, 11) is -3.37. The first-order chi connectivity index (χ1) is 15.6. The van der Waals surface area contributed by atoms with E-state index in [0.717, 1.165) is 39.0 Å². The minimum absolute atomic E-state index is 0.0281. The summed E-state index contributed by atoms with van der Waals surface area (Å²) in [6.07, 6.45) is 3.84. The van der Waals surface area contributed by atoms with E-state index in [1.807, 2.05) is 4.90 Å². The van der Waals surface area contributed by atoms with E-state index >= 15 is 0 Å². The molecule has 33 heavy (non-hydrogen) atoms. The highest BCUT2D eigenvalue weighted by Gasteiger charge is 2.66. The van der Waals surface area contributed by atoms with Gasteiger partial charge in [-0.2, -0.15) is 0 Å². The van der Waals surface area contributed by atoms with Crippen LogP contribution in [0.2, 0.25) is 0 Å². The Balaban J connectivity index is 1.15. The third-order valence-corrected chi connectivity index (χ3v) is 10.3. The van der Waals surface area contributed by atoms with Crippen molar-refractivity contribution in [2.45, 2.75) is 56.6 Å². The molecule has 4 fully saturated rings. The van der Waals surface area contributed by atoms with Gasteiger partial charge in [0.05, 0.1) is 11.8 Å². The summed E-state index contributed by atoms with van der Waals surface area (Å²) < 4.78 is 68.5. The summed E-state index contributed by atoms with van der Waals surface area (Å²) in [4.78, 5) is 4.29. The summed E-state index contributed by atoms with van der Waals surface area (Å²) in [5, 5.41) is -0.316. The maximum Gasteiger partial charge on any atom is 0.261 e. The molecule has 0 radical (unpaired) electrons. The predicted octanol–water partition coefficient (Wildman–Crippen LogP) is 3.96. The van der Waals surface area contributed by atoms with E-state index in [2.05, 4.69) is 16.5 Å². The summed E-state index contributed by atoms with van der Waals surface area (Å²) >= 11 is 0. The van der Waals surface area contributed by atoms with E-state index in [0.29, 0.717) is 48.9 Å². The Bertz CT molecular complexity index is 987. The minimum atomic E-state index is -3.37. The number of nitrogens with one attached hydrogen (secondary N) is 1. The molecule has 9 heteroatoms. The van der Waals surface area contributed by atoms with Crippen molar-refractivity contribution < 1.29 is 21.6 Å². The number of alkyl halides is 2. The molecule has 5 rings (SSSR count). The first kappa shape index (κ1) is 23.4. The van der Waals surface area contributed by atoms with Crippen LogP contribution in [0.1, 0.15) is 44.6 Å². The molecule has 5 nitrogen and oxygen atoms in total. The number of anilines is 1. The molecule has 184 valence electrons. The summed E-state index contributed by atoms with van der Waals surface area (Å²) in [6.45, 7) is 6.12. The predicted molar refractivity (Wildman–Crippen MR) is 122 cm³/mol. The molecule has 0 aromatic heterocycles. The molecule has 0 spiro atoms. The van der Waals surface area contributed by atoms with Crippen molar-refractivity contribution in [1.82, 2.24) is 9.80 Å². The van der Waals surface area contributed by atoms with Crippen LogP contribution in [0.25, 0.3) is 0 Å². The fourth-order valence-corrected chi connectivity index (χ4v) is 7.66. The zero-order chi connectivity index (χ0) is 23.4. The fourth-order valence-electron chi connectivity index (χ4n) is 6.28. The largest absolute Gasteiger partial charge is 0.303 e. The van der Waals surface area contributed by atoms with Crippen LogP contribution in [0.3, 0.4) is 0 Å². The van der Waals surface area contributed by atoms with Gasteiger partial charge in [0, 0.05) is 31.7 Å². The van der Waals surface area contributed by atoms with Crippen LogP contribution in [0, 0.1) is 23.1 Å². The van der Waals surface area contributed by atoms with E-state index in [-0.39, 0.29) is 29.4 Å². The molecule has 3 atom stereocenters. The van der Waals surface area contributed by atoms with Gasteiger partial charge in [-0.15, -0.1) is 0 Å². The lowest BCUT2D eigenvalue weighted by Gasteiger charge is -2.27. The van der Waals surface area contributed by atoms with E-state index in [4.69, 9.17) is 0 Å². The van der Waals surface area contributed by atoms with Crippen molar-refractivity contribution >= 4 is 15.7 Å². The maximum atomic E-state index is 14.6. The van der Waals surface area contributed by atoms with Crippen molar-refractivity contribution in [3.8, 4) is 0 Å². The van der Waals surface area contributed by atoms with Gasteiger partial charge in [0.1, 0.15) is 5.82 Å². The van der Waals surface area contributed by atoms with Crippen LogP contribution in [-0.4, -0.2) is 68.7 Å². The highest BCUT2D eigenvalue weighted by molar-refractivity contribution is 7.93. The molecule has 1 unspecified atom stereocenters. The van der Waals surface area contributed by atoms with E-state index in [1.165, 1.54) is 12.1 Å². The molecule has 4 aliphatic rings. The topological polar surface area (TPSA) is 52.7 Å². The average molecular weight is 486 g/mol. The summed E-state index contributed by atoms with van der Waals surface area (Å²) in [5.74, 6) is -1.77. The Morgan fingerprint density at radius 3 is 2.42 bits per heavy atom. The quantitative estimate of drug-likeness (QED) is 0.545. The molecule has 2 aliphatic heterocycles. The SMILES string of the molecule is CCC1(Cc2cc(NS(=O)(=O)C3CC3)ccc2F)[C@@H]2CN(CCCN3CCC(F)(F)C3)C[C@@H]21. The monoisotopic (exact) mass is 485 g/mol. The number of nitrogens with zero attached hydrogens (tertiary/aromatic N) is 2. The molecule has 1 N–H and O–H groups in total. The first-order valence-corrected chi connectivity index (χ1v) is 13.8. The number of hydrogen-bond acceptors (Lipinski definition) is 4. The van der Waals surface area contributed by atoms with Gasteiger partial charge < -0.3 is 4.90 Å². The number of rotatable bonds is 10. The lowest BCUT2D eigenvalue weighted by molar-refractivity contribution is 0.0119. The van der Waals surface area contributed by atoms with Crippen LogP contribution in [0.15, 0.2) is 18.2 Å². The molecule has 1 aromatic carbocycles. The lowest BCUT2D eigenvalue weighted by Crippen LogP contribution is -2.33. The highest BCUT2D eigenvalue weighted by Crippen LogP contribution is 2.66. The molecule has 2 heterocycles. The molecule has 2 saturated heterocycles. The molecule has 2 aliphatic carbocycles. The van der Waals surface area contributed by atoms with Crippen LogP contribution < -0.4 is 4.72 Å². The Labute approximate surface area is 194 Å². The number of halogens is 3. The molecule has 2 saturated carbocycles. The summed E-state index contributed by atoms with van der Waals surface area (Å²) in [5.41, 5.74) is 1.11. The number of fused-ring (bicyclic) bond motifs is 1. The third kappa shape index (κ3) is 4.78. The standard InChI is InChI=1S/C24H34F3N3O2S/c1-2-23(13-17-12-18(4-7-22(17)25)28-33(31,32)19-5-6-19)20-14-30(15-21(20)23)10-3-9-29-11-8-24(26,27)16-29/h4,7,12,19-21,28H,2-3,5-6,8-11,13-16H2,1H3/t20-,21+,23?. The van der Waals surface area contributed by atoms with Gasteiger partial charge in [0.15, 0.2) is 0 Å². The van der Waals surface area contributed by atoms with Crippen LogP contribution >= 0.6 is 0 Å². The van der Waals surface area contributed by atoms with Crippen LogP contribution in [0.4, 0.5) is 18.9 Å². The average Bonchev–Trinajstić information content (AvgIpc) is 3.61. The number of benzene rings is 1. The Kier molecular flexibility index (Phi) is 5.97. The smallest absolute Gasteiger partial charge is 0.261 e. The Morgan fingerprint density at radius 2 is 1.82 bits per heavy atom. The molecule has 0 amide bonds. The molecule has 0 bridgehead atoms. The van der Waals surface area contributed by atoms with Gasteiger partial charge in [0.25, 0.3) is 5.92 Å². The molecular weight excluding hydrogens is 451 g/mol. The minimum Gasteiger partial charge on any atom is -0.303 e. The van der Waals surface area contributed by atoms with E-state index < -0.39 is 15.9 Å². The third-order valence-electron chi connectivity index (χ3n) is 8.41. The zero-order valence-electron chi connectivity index (χ0n) is 19.2. The maximum absolute atomic E-state index is 14.6. The van der Waals surface area contributed by atoms with Gasteiger partial charge in [-0.1, -0.05) is 6.92 Å². The van der Waals surface area contributed by atoms with Crippen molar-refractivity contribution in [2.75, 3.05) is 44.0 Å². The van der Waals surface area contributed by atoms with Gasteiger partial charge >= 0.3 is 0 Å². The number of piperidine rings is 1. The number of likely N-dealkylation sites (tertiary alicyclic amines) is 2. The van der Waals surface area contributed by atoms with Crippen LogP contribution in [-0.2, 0) is 16.4 Å². The molecule has 1 aromatic rings. The number of sulfonamides is 1. The lowest BCUT2D eigenvalue weighted by atomic mass is 9.88. The van der Waals surface area contributed by atoms with Crippen molar-refractivity contribution in [3.05, 3.63) is 29.6 Å². The first-order valence-electron chi connectivity index (χ1n) is 12.2. The van der Waals surface area contributed by atoms with Gasteiger partial charge in [-0.25, -0.2) is 21.6 Å². The van der Waals surface area contributed by atoms with Gasteiger partial charge in [-0.05, 0) is 86.2 Å². The summed E-state index contributed by atoms with van der Waals surface area (Å²) in [6, 6.07) is 4.54. The second-order valence-electron chi connectivity index (χ2n) is 10.6. The molecular formula is C24H34F3N3O2S. The zero-order valence-corrected chi connectivity index (χ0v) is 20.0. The highest BCUT2D eigenvalue weighted by atomic mass is 32.2. The fraction of sp³-hybridized carbons (Fsp3) is 0.750. The normalized spacial score (nSPS) is 31.6. The Hall–Kier alpha value is -1.32. The Morgan fingerprint density at radius 1 is 1.12 bits per heavy atom. The van der Waals surface area contributed by atoms with Gasteiger partial charge in [-0.3, -0.25) is 9.62 Å². The van der Waals surface area contributed by atoms with Crippen molar-refractivity contribution in [1.29, 1.82) is 0 Å².